The van der Waals surface area contributed by atoms with Crippen LogP contribution < -0.4 is 5.56 Å². The topological polar surface area (TPSA) is 68.0 Å². The molecule has 1 unspecified atom stereocenters. The summed E-state index contributed by atoms with van der Waals surface area (Å²) in [5, 5.41) is 3.00. The van der Waals surface area contributed by atoms with Gasteiger partial charge in [-0.15, -0.1) is 0 Å². The summed E-state index contributed by atoms with van der Waals surface area (Å²) in [5.41, 5.74) is 2.46. The zero-order chi connectivity index (χ0) is 16.7. The molecule has 1 aromatic carbocycles. The number of nitrogens with zero attached hydrogens (tertiary/aromatic N) is 4. The van der Waals surface area contributed by atoms with Gasteiger partial charge in [0.25, 0.3) is 5.56 Å². The largest absolute Gasteiger partial charge is 0.329 e. The number of nitrogens with one attached hydrogen (secondary N) is 1. The summed E-state index contributed by atoms with van der Waals surface area (Å²) in [6.45, 7) is 1.95. The van der Waals surface area contributed by atoms with E-state index in [0.29, 0.717) is 17.0 Å². The van der Waals surface area contributed by atoms with Crippen LogP contribution in [0.15, 0.2) is 59.9 Å². The van der Waals surface area contributed by atoms with Crippen LogP contribution in [0.4, 0.5) is 4.39 Å². The highest BCUT2D eigenvalue weighted by Gasteiger charge is 2.13. The summed E-state index contributed by atoms with van der Waals surface area (Å²) in [6.07, 6.45) is 5.20. The molecule has 1 atom stereocenters. The van der Waals surface area contributed by atoms with E-state index in [1.165, 1.54) is 22.7 Å². The van der Waals surface area contributed by atoms with Crippen molar-refractivity contribution in [3.05, 3.63) is 77.0 Å². The molecule has 0 fully saturated rings. The first-order valence-corrected chi connectivity index (χ1v) is 7.48. The minimum absolute atomic E-state index is 0.102. The Hall–Kier alpha value is -3.22. The Morgan fingerprint density at radius 3 is 2.71 bits per heavy atom. The van der Waals surface area contributed by atoms with Crippen LogP contribution in [0.5, 0.6) is 0 Å². The molecule has 24 heavy (non-hydrogen) atoms. The Labute approximate surface area is 136 Å². The van der Waals surface area contributed by atoms with Gasteiger partial charge < -0.3 is 4.57 Å². The highest BCUT2D eigenvalue weighted by atomic mass is 19.1. The number of benzene rings is 1. The maximum atomic E-state index is 13.1. The van der Waals surface area contributed by atoms with Crippen LogP contribution >= 0.6 is 0 Å². The molecule has 0 amide bonds. The van der Waals surface area contributed by atoms with E-state index in [1.807, 2.05) is 17.7 Å². The third-order valence-corrected chi connectivity index (χ3v) is 4.03. The molecule has 0 aliphatic heterocycles. The molecule has 0 aliphatic rings. The predicted molar refractivity (Wildman–Crippen MR) is 87.2 cm³/mol. The van der Waals surface area contributed by atoms with Gasteiger partial charge in [-0.2, -0.15) is 0 Å². The van der Waals surface area contributed by atoms with Gasteiger partial charge >= 0.3 is 0 Å². The van der Waals surface area contributed by atoms with Gasteiger partial charge in [0.05, 0.1) is 23.8 Å². The first kappa shape index (κ1) is 14.4. The van der Waals surface area contributed by atoms with E-state index in [0.717, 1.165) is 5.56 Å². The van der Waals surface area contributed by atoms with E-state index in [4.69, 9.17) is 0 Å². The van der Waals surface area contributed by atoms with Gasteiger partial charge in [0.15, 0.2) is 5.65 Å². The van der Waals surface area contributed by atoms with E-state index in [-0.39, 0.29) is 17.4 Å². The van der Waals surface area contributed by atoms with Crippen molar-refractivity contribution in [3.63, 3.8) is 0 Å². The Bertz CT molecular complexity index is 1050. The molecule has 7 heteroatoms. The predicted octanol–water partition coefficient (Wildman–Crippen LogP) is 2.63. The molecule has 4 rings (SSSR count). The molecule has 0 bridgehead atoms. The lowest BCUT2D eigenvalue weighted by atomic mass is 10.1. The minimum atomic E-state index is -0.304. The molecule has 0 radical (unpaired) electrons. The van der Waals surface area contributed by atoms with Crippen molar-refractivity contribution >= 4 is 5.65 Å². The quantitative estimate of drug-likeness (QED) is 0.630. The van der Waals surface area contributed by atoms with Crippen molar-refractivity contribution in [3.8, 4) is 11.3 Å². The fraction of sp³-hybridized carbons (Fsp3) is 0.118. The molecule has 4 aromatic rings. The lowest BCUT2D eigenvalue weighted by Crippen LogP contribution is -2.18. The van der Waals surface area contributed by atoms with Gasteiger partial charge in [0.2, 0.25) is 0 Å². The number of hydrogen-bond donors (Lipinski definition) is 1. The van der Waals surface area contributed by atoms with Gasteiger partial charge in [-0.1, -0.05) is 0 Å². The maximum Gasteiger partial charge on any atom is 0.272 e. The van der Waals surface area contributed by atoms with Gasteiger partial charge in [-0.3, -0.25) is 9.89 Å². The molecular weight excluding hydrogens is 309 g/mol. The Morgan fingerprint density at radius 2 is 2.00 bits per heavy atom. The van der Waals surface area contributed by atoms with Crippen molar-refractivity contribution in [1.29, 1.82) is 0 Å². The Balaban J connectivity index is 1.81. The molecule has 0 saturated heterocycles. The zero-order valence-corrected chi connectivity index (χ0v) is 12.8. The second kappa shape index (κ2) is 5.45. The second-order valence-electron chi connectivity index (χ2n) is 5.58. The maximum absolute atomic E-state index is 13.1. The molecule has 0 aliphatic carbocycles. The van der Waals surface area contributed by atoms with Crippen LogP contribution in [0.3, 0.4) is 0 Å². The van der Waals surface area contributed by atoms with E-state index in [2.05, 4.69) is 15.1 Å². The summed E-state index contributed by atoms with van der Waals surface area (Å²) in [7, 11) is 0. The summed E-state index contributed by atoms with van der Waals surface area (Å²) < 4.78 is 16.3. The van der Waals surface area contributed by atoms with Crippen LogP contribution in [-0.2, 0) is 0 Å². The molecule has 0 spiro atoms. The van der Waals surface area contributed by atoms with Crippen molar-refractivity contribution in [2.24, 2.45) is 0 Å². The van der Waals surface area contributed by atoms with E-state index >= 15 is 0 Å². The molecule has 3 aromatic heterocycles. The van der Waals surface area contributed by atoms with Crippen molar-refractivity contribution in [2.45, 2.75) is 13.0 Å². The minimum Gasteiger partial charge on any atom is -0.329 e. The number of hydrogen-bond acceptors (Lipinski definition) is 3. The SMILES string of the molecule is CC(c1cc(=O)n2[nH]c(-c3ccc(F)cc3)cc2n1)n1ccnc1. The molecule has 120 valence electrons. The summed E-state index contributed by atoms with van der Waals surface area (Å²) in [4.78, 5) is 21.0. The first-order valence-electron chi connectivity index (χ1n) is 7.48. The fourth-order valence-corrected chi connectivity index (χ4v) is 2.65. The van der Waals surface area contributed by atoms with Crippen LogP contribution in [0, 0.1) is 5.82 Å². The second-order valence-corrected chi connectivity index (χ2v) is 5.58. The van der Waals surface area contributed by atoms with Gasteiger partial charge in [-0.25, -0.2) is 18.9 Å². The van der Waals surface area contributed by atoms with Crippen LogP contribution in [0.2, 0.25) is 0 Å². The summed E-state index contributed by atoms with van der Waals surface area (Å²) >= 11 is 0. The van der Waals surface area contributed by atoms with Crippen LogP contribution in [-0.4, -0.2) is 24.1 Å². The first-order chi connectivity index (χ1) is 11.6. The number of rotatable bonds is 3. The molecule has 3 heterocycles. The Morgan fingerprint density at radius 1 is 1.21 bits per heavy atom. The number of imidazole rings is 1. The van der Waals surface area contributed by atoms with Gasteiger partial charge in [-0.05, 0) is 36.8 Å². The smallest absolute Gasteiger partial charge is 0.272 e. The average molecular weight is 323 g/mol. The number of halogens is 1. The molecule has 1 N–H and O–H groups in total. The fourth-order valence-electron chi connectivity index (χ4n) is 2.65. The number of aromatic nitrogens is 5. The lowest BCUT2D eigenvalue weighted by molar-refractivity contribution is 0.617. The highest BCUT2D eigenvalue weighted by Crippen LogP contribution is 2.20. The summed E-state index contributed by atoms with van der Waals surface area (Å²) in [5.74, 6) is -0.304. The normalized spacial score (nSPS) is 12.6. The standard InChI is InChI=1S/C17H14FN5O/c1-11(22-7-6-19-10-22)14-9-17(24)23-16(20-14)8-15(21-23)12-2-4-13(18)5-3-12/h2-11,21H,1H3. The van der Waals surface area contributed by atoms with Crippen molar-refractivity contribution < 1.29 is 4.39 Å². The van der Waals surface area contributed by atoms with E-state index < -0.39 is 0 Å². The highest BCUT2D eigenvalue weighted by molar-refractivity contribution is 5.63. The molecular formula is C17H14FN5O. The molecule has 0 saturated carbocycles. The lowest BCUT2D eigenvalue weighted by Gasteiger charge is -2.11. The van der Waals surface area contributed by atoms with Crippen LogP contribution in [0.25, 0.3) is 16.9 Å². The number of fused-ring (bicyclic) bond motifs is 1. The Kier molecular flexibility index (Phi) is 3.26. The summed E-state index contributed by atoms with van der Waals surface area (Å²) in [6, 6.07) is 9.24. The van der Waals surface area contributed by atoms with Crippen molar-refractivity contribution in [2.75, 3.05) is 0 Å². The monoisotopic (exact) mass is 323 g/mol. The third kappa shape index (κ3) is 2.40. The number of aromatic amines is 1. The van der Waals surface area contributed by atoms with Crippen LogP contribution in [0.1, 0.15) is 18.7 Å². The molecule has 6 nitrogen and oxygen atoms in total. The van der Waals surface area contributed by atoms with Gasteiger partial charge in [0.1, 0.15) is 5.82 Å². The van der Waals surface area contributed by atoms with E-state index in [1.54, 1.807) is 30.7 Å². The third-order valence-electron chi connectivity index (χ3n) is 4.03. The van der Waals surface area contributed by atoms with Crippen molar-refractivity contribution in [1.82, 2.24) is 24.1 Å². The average Bonchev–Trinajstić information content (AvgIpc) is 3.24. The zero-order valence-electron chi connectivity index (χ0n) is 12.8. The van der Waals surface area contributed by atoms with E-state index in [9.17, 15) is 9.18 Å². The number of H-pyrrole nitrogens is 1. The van der Waals surface area contributed by atoms with Gasteiger partial charge in [0, 0.05) is 24.5 Å².